The van der Waals surface area contributed by atoms with E-state index in [2.05, 4.69) is 10.6 Å². The number of benzene rings is 2. The summed E-state index contributed by atoms with van der Waals surface area (Å²) in [5, 5.41) is 24.9. The molecule has 1 unspecified atom stereocenters. The van der Waals surface area contributed by atoms with Crippen molar-refractivity contribution < 1.29 is 15.0 Å². The number of phenolic OH excluding ortho intramolecular Hbond substituents is 1. The van der Waals surface area contributed by atoms with Gasteiger partial charge in [-0.05, 0) is 42.2 Å². The van der Waals surface area contributed by atoms with Crippen LogP contribution in [0.1, 0.15) is 22.8 Å². The molecule has 0 spiro atoms. The molecule has 1 atom stereocenters. The van der Waals surface area contributed by atoms with Gasteiger partial charge < -0.3 is 20.8 Å². The SMILES string of the molecule is Cc1ccccc1C(O)CNC(=O)NCCc1cccc(O)c1. The van der Waals surface area contributed by atoms with E-state index in [-0.39, 0.29) is 18.3 Å². The van der Waals surface area contributed by atoms with E-state index in [1.165, 1.54) is 0 Å². The van der Waals surface area contributed by atoms with Gasteiger partial charge in [0, 0.05) is 13.1 Å². The second-order valence-electron chi connectivity index (χ2n) is 5.43. The molecule has 4 N–H and O–H groups in total. The monoisotopic (exact) mass is 314 g/mol. The highest BCUT2D eigenvalue weighted by Crippen LogP contribution is 2.16. The van der Waals surface area contributed by atoms with E-state index in [0.29, 0.717) is 13.0 Å². The lowest BCUT2D eigenvalue weighted by molar-refractivity contribution is 0.172. The van der Waals surface area contributed by atoms with E-state index in [1.807, 2.05) is 37.3 Å². The molecule has 2 aromatic carbocycles. The molecule has 122 valence electrons. The maximum absolute atomic E-state index is 11.7. The molecule has 0 heterocycles. The number of urea groups is 1. The van der Waals surface area contributed by atoms with E-state index in [9.17, 15) is 15.0 Å². The summed E-state index contributed by atoms with van der Waals surface area (Å²) >= 11 is 0. The van der Waals surface area contributed by atoms with Crippen LogP contribution in [0.2, 0.25) is 0 Å². The summed E-state index contributed by atoms with van der Waals surface area (Å²) in [6.07, 6.45) is -0.102. The first-order chi connectivity index (χ1) is 11.1. The predicted octanol–water partition coefficient (Wildman–Crippen LogP) is 2.28. The van der Waals surface area contributed by atoms with Crippen molar-refractivity contribution in [2.75, 3.05) is 13.1 Å². The predicted molar refractivity (Wildman–Crippen MR) is 89.4 cm³/mol. The molecule has 2 amide bonds. The van der Waals surface area contributed by atoms with Crippen LogP contribution in [-0.4, -0.2) is 29.3 Å². The van der Waals surface area contributed by atoms with E-state index in [0.717, 1.165) is 16.7 Å². The Morgan fingerprint density at radius 2 is 1.91 bits per heavy atom. The van der Waals surface area contributed by atoms with Gasteiger partial charge in [0.2, 0.25) is 0 Å². The van der Waals surface area contributed by atoms with Crippen molar-refractivity contribution in [1.82, 2.24) is 10.6 Å². The number of nitrogens with one attached hydrogen (secondary N) is 2. The Morgan fingerprint density at radius 3 is 2.65 bits per heavy atom. The van der Waals surface area contributed by atoms with E-state index in [4.69, 9.17) is 0 Å². The molecule has 0 aromatic heterocycles. The number of rotatable bonds is 6. The summed E-state index contributed by atoms with van der Waals surface area (Å²) in [7, 11) is 0. The first-order valence-corrected chi connectivity index (χ1v) is 7.59. The van der Waals surface area contributed by atoms with Crippen LogP contribution in [0.5, 0.6) is 5.75 Å². The van der Waals surface area contributed by atoms with E-state index >= 15 is 0 Å². The van der Waals surface area contributed by atoms with E-state index < -0.39 is 6.10 Å². The lowest BCUT2D eigenvalue weighted by Gasteiger charge is -2.15. The molecular formula is C18H22N2O3. The Balaban J connectivity index is 1.72. The van der Waals surface area contributed by atoms with Crippen LogP contribution in [0.4, 0.5) is 4.79 Å². The minimum atomic E-state index is -0.729. The summed E-state index contributed by atoms with van der Waals surface area (Å²) < 4.78 is 0. The Labute approximate surface area is 136 Å². The van der Waals surface area contributed by atoms with Crippen LogP contribution < -0.4 is 10.6 Å². The molecule has 0 radical (unpaired) electrons. The zero-order chi connectivity index (χ0) is 16.7. The maximum atomic E-state index is 11.7. The highest BCUT2D eigenvalue weighted by molar-refractivity contribution is 5.73. The van der Waals surface area contributed by atoms with Crippen LogP contribution in [0.3, 0.4) is 0 Å². The number of carbonyl (C=O) groups is 1. The third kappa shape index (κ3) is 5.30. The van der Waals surface area contributed by atoms with Gasteiger partial charge in [0.25, 0.3) is 0 Å². The third-order valence-electron chi connectivity index (χ3n) is 3.61. The van der Waals surface area contributed by atoms with Gasteiger partial charge in [-0.1, -0.05) is 36.4 Å². The van der Waals surface area contributed by atoms with Gasteiger partial charge in [0.05, 0.1) is 6.10 Å². The van der Waals surface area contributed by atoms with Crippen molar-refractivity contribution in [3.8, 4) is 5.75 Å². The van der Waals surface area contributed by atoms with Crippen LogP contribution >= 0.6 is 0 Å². The molecule has 0 aliphatic rings. The summed E-state index contributed by atoms with van der Waals surface area (Å²) in [6.45, 7) is 2.53. The van der Waals surface area contributed by atoms with Gasteiger partial charge in [-0.3, -0.25) is 0 Å². The normalized spacial score (nSPS) is 11.7. The number of carbonyl (C=O) groups excluding carboxylic acids is 1. The zero-order valence-corrected chi connectivity index (χ0v) is 13.1. The molecule has 23 heavy (non-hydrogen) atoms. The number of aryl methyl sites for hydroxylation is 1. The average Bonchev–Trinajstić information content (AvgIpc) is 2.53. The average molecular weight is 314 g/mol. The smallest absolute Gasteiger partial charge is 0.314 e. The summed E-state index contributed by atoms with van der Waals surface area (Å²) in [4.78, 5) is 11.7. The molecule has 5 nitrogen and oxygen atoms in total. The molecule has 2 aromatic rings. The molecule has 5 heteroatoms. The Hall–Kier alpha value is -2.53. The first kappa shape index (κ1) is 16.8. The Morgan fingerprint density at radius 1 is 1.13 bits per heavy atom. The molecular weight excluding hydrogens is 292 g/mol. The molecule has 0 saturated carbocycles. The second-order valence-corrected chi connectivity index (χ2v) is 5.43. The number of aliphatic hydroxyl groups is 1. The first-order valence-electron chi connectivity index (χ1n) is 7.59. The molecule has 2 rings (SSSR count). The Bertz CT molecular complexity index is 658. The minimum Gasteiger partial charge on any atom is -0.508 e. The summed E-state index contributed by atoms with van der Waals surface area (Å²) in [5.74, 6) is 0.216. The van der Waals surface area contributed by atoms with Crippen molar-refractivity contribution in [2.45, 2.75) is 19.4 Å². The van der Waals surface area contributed by atoms with Crippen molar-refractivity contribution in [3.63, 3.8) is 0 Å². The zero-order valence-electron chi connectivity index (χ0n) is 13.1. The van der Waals surface area contributed by atoms with Crippen LogP contribution in [-0.2, 0) is 6.42 Å². The number of hydrogen-bond donors (Lipinski definition) is 4. The quantitative estimate of drug-likeness (QED) is 0.660. The van der Waals surface area contributed by atoms with Crippen molar-refractivity contribution in [2.24, 2.45) is 0 Å². The molecule has 0 aliphatic carbocycles. The fraction of sp³-hybridized carbons (Fsp3) is 0.278. The van der Waals surface area contributed by atoms with Crippen LogP contribution in [0, 0.1) is 6.92 Å². The van der Waals surface area contributed by atoms with Gasteiger partial charge in [0.15, 0.2) is 0 Å². The van der Waals surface area contributed by atoms with Gasteiger partial charge in [-0.2, -0.15) is 0 Å². The number of phenols is 1. The van der Waals surface area contributed by atoms with E-state index in [1.54, 1.807) is 18.2 Å². The maximum Gasteiger partial charge on any atom is 0.314 e. The molecule has 0 bridgehead atoms. The van der Waals surface area contributed by atoms with Crippen LogP contribution in [0.15, 0.2) is 48.5 Å². The lowest BCUT2D eigenvalue weighted by atomic mass is 10.0. The van der Waals surface area contributed by atoms with Gasteiger partial charge >= 0.3 is 6.03 Å². The standard InChI is InChI=1S/C18H22N2O3/c1-13-5-2-3-8-16(13)17(22)12-20-18(23)19-10-9-14-6-4-7-15(21)11-14/h2-8,11,17,21-22H,9-10,12H2,1H3,(H2,19,20,23). The van der Waals surface area contributed by atoms with Gasteiger partial charge in [-0.15, -0.1) is 0 Å². The highest BCUT2D eigenvalue weighted by Gasteiger charge is 2.11. The largest absolute Gasteiger partial charge is 0.508 e. The fourth-order valence-electron chi connectivity index (χ4n) is 2.35. The van der Waals surface area contributed by atoms with Crippen molar-refractivity contribution >= 4 is 6.03 Å². The van der Waals surface area contributed by atoms with Crippen LogP contribution in [0.25, 0.3) is 0 Å². The Kier molecular flexibility index (Phi) is 6.00. The van der Waals surface area contributed by atoms with Gasteiger partial charge in [-0.25, -0.2) is 4.79 Å². The lowest BCUT2D eigenvalue weighted by Crippen LogP contribution is -2.38. The topological polar surface area (TPSA) is 81.6 Å². The second kappa shape index (κ2) is 8.19. The number of aromatic hydroxyl groups is 1. The van der Waals surface area contributed by atoms with Crippen molar-refractivity contribution in [3.05, 3.63) is 65.2 Å². The molecule has 0 saturated heterocycles. The highest BCUT2D eigenvalue weighted by atomic mass is 16.3. The molecule has 0 fully saturated rings. The summed E-state index contributed by atoms with van der Waals surface area (Å²) in [6, 6.07) is 14.2. The minimum absolute atomic E-state index is 0.156. The third-order valence-corrected chi connectivity index (χ3v) is 3.61. The van der Waals surface area contributed by atoms with Crippen molar-refractivity contribution in [1.29, 1.82) is 0 Å². The molecule has 0 aliphatic heterocycles. The van der Waals surface area contributed by atoms with Gasteiger partial charge in [0.1, 0.15) is 5.75 Å². The summed E-state index contributed by atoms with van der Waals surface area (Å²) in [5.41, 5.74) is 2.75. The number of amides is 2. The number of hydrogen-bond acceptors (Lipinski definition) is 3. The number of aliphatic hydroxyl groups excluding tert-OH is 1. The fourth-order valence-corrected chi connectivity index (χ4v) is 2.35.